The molecule has 2 atom stereocenters. The molecule has 0 aliphatic heterocycles. The Balaban J connectivity index is 2.34. The van der Waals surface area contributed by atoms with Crippen LogP contribution in [0.15, 0.2) is 16.7 Å². The van der Waals surface area contributed by atoms with Gasteiger partial charge in [0.25, 0.3) is 0 Å². The molecule has 5 nitrogen and oxygen atoms in total. The second kappa shape index (κ2) is 3.92. The summed E-state index contributed by atoms with van der Waals surface area (Å²) in [7, 11) is 0. The number of carbonyl (C=O) groups is 1. The van der Waals surface area contributed by atoms with Gasteiger partial charge < -0.3 is 20.4 Å². The van der Waals surface area contributed by atoms with Gasteiger partial charge in [0.15, 0.2) is 0 Å². The van der Waals surface area contributed by atoms with Crippen LogP contribution in [0.4, 0.5) is 0 Å². The van der Waals surface area contributed by atoms with E-state index in [-0.39, 0.29) is 17.4 Å². The van der Waals surface area contributed by atoms with E-state index < -0.39 is 11.6 Å². The lowest BCUT2D eigenvalue weighted by Crippen LogP contribution is -2.39. The molecule has 88 valence electrons. The first-order chi connectivity index (χ1) is 7.53. The predicted octanol–water partition coefficient (Wildman–Crippen LogP) is 1.07. The van der Waals surface area contributed by atoms with Gasteiger partial charge in [0.05, 0.1) is 6.26 Å². The molecule has 0 bridgehead atoms. The van der Waals surface area contributed by atoms with Gasteiger partial charge in [-0.05, 0) is 31.7 Å². The number of aromatic carboxylic acids is 1. The molecule has 4 N–H and O–H groups in total. The fraction of sp³-hybridized carbons (Fsp3) is 0.545. The average molecular weight is 225 g/mol. The Kier molecular flexibility index (Phi) is 2.73. The third-order valence-corrected chi connectivity index (χ3v) is 3.08. The lowest BCUT2D eigenvalue weighted by molar-refractivity contribution is -0.0269. The van der Waals surface area contributed by atoms with Crippen LogP contribution in [0.2, 0.25) is 0 Å². The third-order valence-electron chi connectivity index (χ3n) is 3.08. The van der Waals surface area contributed by atoms with Crippen LogP contribution >= 0.6 is 0 Å². The topological polar surface area (TPSA) is 96.7 Å². The van der Waals surface area contributed by atoms with Crippen LogP contribution in [0.3, 0.4) is 0 Å². The molecule has 1 saturated carbocycles. The Bertz CT molecular complexity index is 400. The lowest BCUT2D eigenvalue weighted by atomic mass is 9.79. The van der Waals surface area contributed by atoms with E-state index in [0.29, 0.717) is 12.8 Å². The Hall–Kier alpha value is -1.33. The number of carboxylic acid groups (broad SMARTS) is 1. The summed E-state index contributed by atoms with van der Waals surface area (Å²) in [5, 5.41) is 19.4. The van der Waals surface area contributed by atoms with Crippen LogP contribution in [-0.2, 0) is 5.60 Å². The zero-order valence-electron chi connectivity index (χ0n) is 8.85. The van der Waals surface area contributed by atoms with Crippen molar-refractivity contribution in [3.63, 3.8) is 0 Å². The summed E-state index contributed by atoms with van der Waals surface area (Å²) >= 11 is 0. The molecule has 0 radical (unpaired) electrons. The van der Waals surface area contributed by atoms with Crippen LogP contribution in [0.1, 0.15) is 41.8 Å². The Morgan fingerprint density at radius 2 is 2.38 bits per heavy atom. The summed E-state index contributed by atoms with van der Waals surface area (Å²) in [6.07, 6.45) is 3.76. The van der Waals surface area contributed by atoms with Gasteiger partial charge in [-0.1, -0.05) is 0 Å². The maximum Gasteiger partial charge on any atom is 0.339 e. The molecule has 16 heavy (non-hydrogen) atoms. The van der Waals surface area contributed by atoms with Crippen molar-refractivity contribution >= 4 is 5.97 Å². The van der Waals surface area contributed by atoms with Crippen LogP contribution in [0, 0.1) is 0 Å². The van der Waals surface area contributed by atoms with E-state index >= 15 is 0 Å². The van der Waals surface area contributed by atoms with Crippen molar-refractivity contribution in [1.29, 1.82) is 0 Å². The monoisotopic (exact) mass is 225 g/mol. The second-order valence-electron chi connectivity index (χ2n) is 4.36. The number of aliphatic hydroxyl groups is 1. The van der Waals surface area contributed by atoms with Crippen molar-refractivity contribution in [2.75, 3.05) is 0 Å². The largest absolute Gasteiger partial charge is 0.478 e. The predicted molar refractivity (Wildman–Crippen MR) is 56.0 cm³/mol. The summed E-state index contributed by atoms with van der Waals surface area (Å²) in [5.74, 6) is -0.952. The van der Waals surface area contributed by atoms with Crippen molar-refractivity contribution < 1.29 is 19.4 Å². The molecule has 1 aromatic heterocycles. The van der Waals surface area contributed by atoms with Crippen LogP contribution in [-0.4, -0.2) is 22.2 Å². The molecule has 0 aromatic carbocycles. The summed E-state index contributed by atoms with van der Waals surface area (Å²) in [6, 6.07) is 1.25. The first-order valence-electron chi connectivity index (χ1n) is 5.32. The fourth-order valence-corrected chi connectivity index (χ4v) is 2.34. The number of hydrogen-bond donors (Lipinski definition) is 3. The van der Waals surface area contributed by atoms with Crippen molar-refractivity contribution in [3.05, 3.63) is 23.7 Å². The van der Waals surface area contributed by atoms with Gasteiger partial charge >= 0.3 is 5.97 Å². The van der Waals surface area contributed by atoms with E-state index in [0.717, 1.165) is 12.8 Å². The molecular weight excluding hydrogens is 210 g/mol. The maximum atomic E-state index is 10.9. The van der Waals surface area contributed by atoms with E-state index in [9.17, 15) is 9.90 Å². The molecule has 5 heteroatoms. The SMILES string of the molecule is NC1CCCC(O)(c2occc2C(=O)O)C1. The Labute approximate surface area is 92.9 Å². The minimum absolute atomic E-state index is 0.0246. The molecule has 1 aromatic rings. The van der Waals surface area contributed by atoms with Gasteiger partial charge in [0.2, 0.25) is 0 Å². The van der Waals surface area contributed by atoms with E-state index in [1.165, 1.54) is 12.3 Å². The maximum absolute atomic E-state index is 10.9. The molecule has 2 unspecified atom stereocenters. The normalized spacial score (nSPS) is 30.2. The molecule has 1 heterocycles. The molecule has 1 aliphatic carbocycles. The smallest absolute Gasteiger partial charge is 0.339 e. The van der Waals surface area contributed by atoms with Gasteiger partial charge in [0, 0.05) is 6.04 Å². The van der Waals surface area contributed by atoms with Crippen LogP contribution < -0.4 is 5.73 Å². The highest BCUT2D eigenvalue weighted by molar-refractivity contribution is 5.89. The summed E-state index contributed by atoms with van der Waals surface area (Å²) in [4.78, 5) is 10.9. The highest BCUT2D eigenvalue weighted by Gasteiger charge is 2.40. The minimum Gasteiger partial charge on any atom is -0.478 e. The average Bonchev–Trinajstić information content (AvgIpc) is 2.65. The number of nitrogens with two attached hydrogens (primary N) is 1. The van der Waals surface area contributed by atoms with Crippen LogP contribution in [0.25, 0.3) is 0 Å². The van der Waals surface area contributed by atoms with Gasteiger partial charge in [-0.15, -0.1) is 0 Å². The van der Waals surface area contributed by atoms with Gasteiger partial charge in [-0.3, -0.25) is 0 Å². The molecule has 0 amide bonds. The van der Waals surface area contributed by atoms with Crippen molar-refractivity contribution in [1.82, 2.24) is 0 Å². The zero-order chi connectivity index (χ0) is 11.8. The standard InChI is InChI=1S/C11H15NO4/c12-7-2-1-4-11(15,6-7)9-8(10(13)14)3-5-16-9/h3,5,7,15H,1-2,4,6,12H2,(H,13,14). The minimum atomic E-state index is -1.23. The Morgan fingerprint density at radius 3 is 3.00 bits per heavy atom. The van der Waals surface area contributed by atoms with Crippen molar-refractivity contribution in [3.8, 4) is 0 Å². The molecule has 0 saturated heterocycles. The Morgan fingerprint density at radius 1 is 1.62 bits per heavy atom. The van der Waals surface area contributed by atoms with E-state index in [2.05, 4.69) is 0 Å². The number of rotatable bonds is 2. The third kappa shape index (κ3) is 1.83. The number of furan rings is 1. The van der Waals surface area contributed by atoms with Gasteiger partial charge in [0.1, 0.15) is 16.9 Å². The summed E-state index contributed by atoms with van der Waals surface area (Å²) < 4.78 is 5.13. The first-order valence-corrected chi connectivity index (χ1v) is 5.32. The van der Waals surface area contributed by atoms with E-state index in [4.69, 9.17) is 15.3 Å². The van der Waals surface area contributed by atoms with Gasteiger partial charge in [-0.25, -0.2) is 4.79 Å². The number of carboxylic acids is 1. The molecule has 0 spiro atoms. The fourth-order valence-electron chi connectivity index (χ4n) is 2.34. The molecular formula is C11H15NO4. The van der Waals surface area contributed by atoms with E-state index in [1.54, 1.807) is 0 Å². The lowest BCUT2D eigenvalue weighted by Gasteiger charge is -2.34. The second-order valence-corrected chi connectivity index (χ2v) is 4.36. The molecule has 2 rings (SSSR count). The summed E-state index contributed by atoms with van der Waals surface area (Å²) in [6.45, 7) is 0. The first kappa shape index (κ1) is 11.2. The highest BCUT2D eigenvalue weighted by Crippen LogP contribution is 2.38. The quantitative estimate of drug-likeness (QED) is 0.699. The molecule has 1 aliphatic rings. The van der Waals surface area contributed by atoms with Crippen molar-refractivity contribution in [2.45, 2.75) is 37.3 Å². The molecule has 1 fully saturated rings. The van der Waals surface area contributed by atoms with Crippen LogP contribution in [0.5, 0.6) is 0 Å². The zero-order valence-corrected chi connectivity index (χ0v) is 8.85. The van der Waals surface area contributed by atoms with Gasteiger partial charge in [-0.2, -0.15) is 0 Å². The number of hydrogen-bond acceptors (Lipinski definition) is 4. The summed E-state index contributed by atoms with van der Waals surface area (Å²) in [5.41, 5.74) is 4.59. The van der Waals surface area contributed by atoms with Crippen molar-refractivity contribution in [2.24, 2.45) is 5.73 Å². The highest BCUT2D eigenvalue weighted by atomic mass is 16.4. The van der Waals surface area contributed by atoms with E-state index in [1.807, 2.05) is 0 Å².